The van der Waals surface area contributed by atoms with Crippen LogP contribution in [0.2, 0.25) is 0 Å². The lowest BCUT2D eigenvalue weighted by Gasteiger charge is -2.25. The average Bonchev–Trinajstić information content (AvgIpc) is 3.19. The maximum Gasteiger partial charge on any atom is 0.261 e. The van der Waals surface area contributed by atoms with Crippen molar-refractivity contribution in [3.05, 3.63) is 17.5 Å². The smallest absolute Gasteiger partial charge is 0.261 e. The minimum Gasteiger partial charge on any atom is -0.271 e. The summed E-state index contributed by atoms with van der Waals surface area (Å²) >= 11 is 0. The minimum atomic E-state index is -0.0792. The lowest BCUT2D eigenvalue weighted by Crippen LogP contribution is -2.29. The van der Waals surface area contributed by atoms with Crippen molar-refractivity contribution in [2.24, 2.45) is 28.8 Å². The Labute approximate surface area is 131 Å². The second-order valence-corrected chi connectivity index (χ2v) is 7.29. The summed E-state index contributed by atoms with van der Waals surface area (Å²) < 4.78 is 1.73. The number of nitrogens with one attached hydrogen (secondary N) is 1. The van der Waals surface area contributed by atoms with Crippen molar-refractivity contribution in [2.75, 3.05) is 0 Å². The van der Waals surface area contributed by atoms with Crippen LogP contribution in [0.1, 0.15) is 43.5 Å². The number of nitrogens with zero attached hydrogens (tertiary/aromatic N) is 3. The molecule has 5 nitrogen and oxygen atoms in total. The highest BCUT2D eigenvalue weighted by Crippen LogP contribution is 2.57. The minimum absolute atomic E-state index is 0.0792. The van der Waals surface area contributed by atoms with Gasteiger partial charge in [0.25, 0.3) is 5.91 Å². The van der Waals surface area contributed by atoms with E-state index in [0.717, 1.165) is 35.6 Å². The zero-order valence-corrected chi connectivity index (χ0v) is 13.4. The Morgan fingerprint density at radius 2 is 2.23 bits per heavy atom. The fourth-order valence-electron chi connectivity index (χ4n) is 5.08. The van der Waals surface area contributed by atoms with Gasteiger partial charge in [-0.3, -0.25) is 9.48 Å². The van der Waals surface area contributed by atoms with Crippen molar-refractivity contribution >= 4 is 11.6 Å². The molecule has 22 heavy (non-hydrogen) atoms. The molecule has 3 aliphatic rings. The fourth-order valence-corrected chi connectivity index (χ4v) is 5.08. The van der Waals surface area contributed by atoms with Crippen LogP contribution in [0.3, 0.4) is 0 Å². The van der Waals surface area contributed by atoms with E-state index >= 15 is 0 Å². The van der Waals surface area contributed by atoms with E-state index < -0.39 is 0 Å². The molecule has 0 saturated heterocycles. The molecule has 4 unspecified atom stereocenters. The van der Waals surface area contributed by atoms with E-state index in [2.05, 4.69) is 15.6 Å². The van der Waals surface area contributed by atoms with Gasteiger partial charge in [0.05, 0.1) is 5.69 Å². The molecule has 3 aliphatic carbocycles. The zero-order chi connectivity index (χ0) is 15.3. The lowest BCUT2D eigenvalue weighted by molar-refractivity contribution is -0.121. The SMILES string of the molecule is Cc1cc(C)n(CC(=O)NN=C2CC3CC2C2CCCC32)n1. The van der Waals surface area contributed by atoms with Crippen LogP contribution >= 0.6 is 0 Å². The van der Waals surface area contributed by atoms with Gasteiger partial charge in [-0.15, -0.1) is 0 Å². The number of aryl methyl sites for hydroxylation is 2. The van der Waals surface area contributed by atoms with Gasteiger partial charge in [-0.25, -0.2) is 5.43 Å². The second-order valence-electron chi connectivity index (χ2n) is 7.29. The van der Waals surface area contributed by atoms with Crippen LogP contribution in [0.15, 0.2) is 11.2 Å². The molecule has 0 aromatic carbocycles. The van der Waals surface area contributed by atoms with Crippen LogP contribution in [0.4, 0.5) is 0 Å². The maximum atomic E-state index is 12.1. The van der Waals surface area contributed by atoms with Gasteiger partial charge in [-0.05, 0) is 63.4 Å². The summed E-state index contributed by atoms with van der Waals surface area (Å²) in [6.07, 6.45) is 6.58. The van der Waals surface area contributed by atoms with Crippen molar-refractivity contribution in [1.82, 2.24) is 15.2 Å². The molecule has 1 aromatic rings. The standard InChI is InChI=1S/C17H24N4O/c1-10-6-11(2)21(20-10)9-17(22)19-18-16-8-12-7-15(16)14-5-3-4-13(12)14/h6,12-15H,3-5,7-9H2,1-2H3,(H,19,22). The first-order valence-corrected chi connectivity index (χ1v) is 8.48. The van der Waals surface area contributed by atoms with E-state index in [1.807, 2.05) is 19.9 Å². The largest absolute Gasteiger partial charge is 0.271 e. The Morgan fingerprint density at radius 1 is 1.41 bits per heavy atom. The quantitative estimate of drug-likeness (QED) is 0.872. The lowest BCUT2D eigenvalue weighted by atomic mass is 9.81. The zero-order valence-electron chi connectivity index (χ0n) is 13.4. The van der Waals surface area contributed by atoms with Gasteiger partial charge >= 0.3 is 0 Å². The summed E-state index contributed by atoms with van der Waals surface area (Å²) in [5.41, 5.74) is 5.96. The summed E-state index contributed by atoms with van der Waals surface area (Å²) in [7, 11) is 0. The Kier molecular flexibility index (Phi) is 3.31. The number of hydrogen-bond acceptors (Lipinski definition) is 3. The molecule has 3 fully saturated rings. The predicted octanol–water partition coefficient (Wildman–Crippen LogP) is 2.43. The normalized spacial score (nSPS) is 34.4. The number of carbonyl (C=O) groups excluding carboxylic acids is 1. The molecule has 5 heteroatoms. The number of aromatic nitrogens is 2. The molecule has 4 rings (SSSR count). The van der Waals surface area contributed by atoms with E-state index in [-0.39, 0.29) is 12.5 Å². The summed E-state index contributed by atoms with van der Waals surface area (Å²) in [6.45, 7) is 4.15. The Hall–Kier alpha value is -1.65. The molecule has 1 aromatic heterocycles. The van der Waals surface area contributed by atoms with E-state index in [9.17, 15) is 4.79 Å². The number of amides is 1. The summed E-state index contributed by atoms with van der Waals surface area (Å²) in [6, 6.07) is 1.98. The van der Waals surface area contributed by atoms with Crippen molar-refractivity contribution < 1.29 is 4.79 Å². The van der Waals surface area contributed by atoms with Gasteiger partial charge in [-0.2, -0.15) is 10.2 Å². The third kappa shape index (κ3) is 2.27. The Morgan fingerprint density at radius 3 is 3.00 bits per heavy atom. The number of hydrogen-bond donors (Lipinski definition) is 1. The van der Waals surface area contributed by atoms with E-state index in [1.165, 1.54) is 31.4 Å². The van der Waals surface area contributed by atoms with Crippen molar-refractivity contribution in [3.63, 3.8) is 0 Å². The Bertz CT molecular complexity index is 633. The van der Waals surface area contributed by atoms with Crippen LogP contribution in [0, 0.1) is 37.5 Å². The molecule has 1 amide bonds. The summed E-state index contributed by atoms with van der Waals surface area (Å²) in [5.74, 6) is 3.21. The molecule has 1 heterocycles. The van der Waals surface area contributed by atoms with Crippen LogP contribution in [-0.4, -0.2) is 21.4 Å². The molecular formula is C17H24N4O. The van der Waals surface area contributed by atoms with Gasteiger partial charge in [0, 0.05) is 17.3 Å². The van der Waals surface area contributed by atoms with E-state index in [1.54, 1.807) is 4.68 Å². The molecule has 1 N–H and O–H groups in total. The number of rotatable bonds is 3. The highest BCUT2D eigenvalue weighted by atomic mass is 16.2. The molecule has 4 atom stereocenters. The molecule has 118 valence electrons. The van der Waals surface area contributed by atoms with Crippen LogP contribution in [-0.2, 0) is 11.3 Å². The molecule has 2 bridgehead atoms. The molecule has 0 radical (unpaired) electrons. The highest BCUT2D eigenvalue weighted by Gasteiger charge is 2.52. The van der Waals surface area contributed by atoms with Crippen LogP contribution < -0.4 is 5.43 Å². The van der Waals surface area contributed by atoms with Gasteiger partial charge in [0.1, 0.15) is 6.54 Å². The van der Waals surface area contributed by atoms with Gasteiger partial charge in [-0.1, -0.05) is 6.42 Å². The predicted molar refractivity (Wildman–Crippen MR) is 84.3 cm³/mol. The van der Waals surface area contributed by atoms with Crippen LogP contribution in [0.25, 0.3) is 0 Å². The van der Waals surface area contributed by atoms with Gasteiger partial charge < -0.3 is 0 Å². The number of fused-ring (bicyclic) bond motifs is 5. The average molecular weight is 300 g/mol. The Balaban J connectivity index is 1.38. The van der Waals surface area contributed by atoms with Crippen molar-refractivity contribution in [1.29, 1.82) is 0 Å². The van der Waals surface area contributed by atoms with Gasteiger partial charge in [0.15, 0.2) is 0 Å². The fraction of sp³-hybridized carbons (Fsp3) is 0.706. The first-order chi connectivity index (χ1) is 10.6. The topological polar surface area (TPSA) is 59.3 Å². The maximum absolute atomic E-state index is 12.1. The molecular weight excluding hydrogens is 276 g/mol. The molecule has 3 saturated carbocycles. The van der Waals surface area contributed by atoms with Gasteiger partial charge in [0.2, 0.25) is 0 Å². The monoisotopic (exact) mass is 300 g/mol. The van der Waals surface area contributed by atoms with Crippen molar-refractivity contribution in [3.8, 4) is 0 Å². The van der Waals surface area contributed by atoms with E-state index in [0.29, 0.717) is 5.92 Å². The van der Waals surface area contributed by atoms with Crippen molar-refractivity contribution in [2.45, 2.75) is 52.5 Å². The highest BCUT2D eigenvalue weighted by molar-refractivity contribution is 5.91. The third-order valence-corrected chi connectivity index (χ3v) is 5.92. The first-order valence-electron chi connectivity index (χ1n) is 8.48. The molecule has 0 spiro atoms. The number of carbonyl (C=O) groups is 1. The number of hydrazone groups is 1. The van der Waals surface area contributed by atoms with E-state index in [4.69, 9.17) is 0 Å². The summed E-state index contributed by atoms with van der Waals surface area (Å²) in [4.78, 5) is 12.1. The first kappa shape index (κ1) is 14.0. The molecule has 0 aliphatic heterocycles. The summed E-state index contributed by atoms with van der Waals surface area (Å²) in [5, 5.41) is 8.79. The second kappa shape index (κ2) is 5.21. The third-order valence-electron chi connectivity index (χ3n) is 5.92. The van der Waals surface area contributed by atoms with Crippen LogP contribution in [0.5, 0.6) is 0 Å².